The summed E-state index contributed by atoms with van der Waals surface area (Å²) in [4.78, 5) is 94.0. The number of nitrogens with one attached hydrogen (secondary N) is 4. The fourth-order valence-corrected chi connectivity index (χ4v) is 20.7. The molecule has 4 spiro atoms. The van der Waals surface area contributed by atoms with Crippen LogP contribution in [0, 0.1) is 11.6 Å². The lowest BCUT2D eigenvalue weighted by Gasteiger charge is -2.45. The number of amides is 4. The molecule has 20 rings (SSSR count). The van der Waals surface area contributed by atoms with Crippen LogP contribution in [0.5, 0.6) is 0 Å². The Kier molecular flexibility index (Phi) is 23.0. The summed E-state index contributed by atoms with van der Waals surface area (Å²) < 4.78 is 127. The Bertz CT molecular complexity index is 6870. The molecule has 4 unspecified atom stereocenters. The fraction of sp³-hybridized carbons (Fsp3) is 0.359. The third-order valence-electron chi connectivity index (χ3n) is 24.7. The van der Waals surface area contributed by atoms with Gasteiger partial charge in [0, 0.05) is 58.2 Å². The average Bonchev–Trinajstić information content (AvgIpc) is 1.54. The molecule has 2 aromatic carbocycles. The maximum atomic E-state index is 14.5. The highest BCUT2D eigenvalue weighted by atomic mass is 32.2. The minimum absolute atomic E-state index is 0.00461. The first-order valence-corrected chi connectivity index (χ1v) is 46.9. The molecule has 20 N–H and O–H groups in total. The first kappa shape index (κ1) is 89.5. The van der Waals surface area contributed by atoms with Gasteiger partial charge in [-0.05, 0) is 136 Å². The molecule has 8 aliphatic rings. The van der Waals surface area contributed by atoms with Crippen molar-refractivity contribution < 1.29 is 103 Å². The standard InChI is InChI=1S/2C20H21FN6O5S.2C19H21N7O5S/c21-13-9-12(4-5-15(13)33(22,31)32)24-19-23-10-11-8-14-17(28)27(30)18(29)20(6-2-1-3-7-20)26(14)16(11)25-19;21-13-9-12(33(22,31)32)4-5-14(13)24-19-23-10-11-8-15-17(28)27(30)18(29)20(6-2-1-3-7-20)26(15)16(11)25-19;20-32(30,31)12-4-5-14(21-10-12)23-18-22-9-11-8-13-16(27)26(29)17(28)19(6-2-1-3-7-19)25(13)15(11)24-18;20-32(30,31)14-5-4-12(10-21-14)23-18-22-9-11-8-13-16(27)26(29)17(28)19(6-2-1-3-7-19)25(13)15(11)24-18/h2*4-5,8-10,17,28,30H,1-3,6-7H2,(H2,22,31,32)(H,23,24,25);4-5,8-10,16,27,29H,1-3,6-7H2,(H2,20,30,31)(H,21,22,23,24);4-5,8-10,16,27,29H,1-3,6-7H2,(H2,20,30,31)(H,22,23,24). The molecule has 4 saturated carbocycles. The SMILES string of the molecule is NS(=O)(=O)c1ccc(Nc2ncc3cc4n(c3n2)C2(CCCCC2)C(=O)N(O)C4O)c(F)c1.NS(=O)(=O)c1ccc(Nc2ncc3cc4n(c3n2)C2(CCCCC2)C(=O)N(O)C4O)cc1F.NS(=O)(=O)c1ccc(Nc2ncc3cc4n(c3n2)C2(CCCCC2)C(=O)N(O)C4O)cn1.NS(=O)(=O)c1ccc(Nc2ncc3cc4n(c3n2)C2(CCCCC2)C(=O)N(O)C4O)nc1. The van der Waals surface area contributed by atoms with Gasteiger partial charge >= 0.3 is 0 Å². The largest absolute Gasteiger partial charge is 0.366 e. The number of anilines is 8. The third-order valence-corrected chi connectivity index (χ3v) is 28.3. The number of rotatable bonds is 12. The zero-order chi connectivity index (χ0) is 92.4. The molecule has 46 nitrogen and oxygen atoms in total. The molecule has 684 valence electrons. The van der Waals surface area contributed by atoms with Crippen molar-refractivity contribution in [1.29, 1.82) is 0 Å². The van der Waals surface area contributed by atoms with Crippen LogP contribution in [-0.2, 0) is 81.4 Å². The highest BCUT2D eigenvalue weighted by molar-refractivity contribution is 7.90. The number of pyridine rings is 2. The van der Waals surface area contributed by atoms with Gasteiger partial charge in [0.2, 0.25) is 53.9 Å². The molecule has 4 aliphatic heterocycles. The normalized spacial score (nSPS) is 20.4. The van der Waals surface area contributed by atoms with E-state index in [2.05, 4.69) is 71.1 Å². The van der Waals surface area contributed by atoms with E-state index in [1.807, 2.05) is 0 Å². The molecular formula is C78H84F2N26O20S4. The Balaban J connectivity index is 0.000000121. The van der Waals surface area contributed by atoms with Gasteiger partial charge in [0.15, 0.2) is 29.9 Å². The van der Waals surface area contributed by atoms with Gasteiger partial charge in [-0.3, -0.25) is 40.0 Å². The van der Waals surface area contributed by atoms with Crippen molar-refractivity contribution in [2.24, 2.45) is 20.6 Å². The Morgan fingerprint density at radius 3 is 0.985 bits per heavy atom. The van der Waals surface area contributed by atoms with Gasteiger partial charge in [-0.1, -0.05) is 77.0 Å². The molecule has 4 aliphatic carbocycles. The number of hydrogen-bond acceptors (Lipinski definition) is 34. The van der Waals surface area contributed by atoms with E-state index >= 15 is 0 Å². The monoisotopic (exact) mass is 1870 g/mol. The lowest BCUT2D eigenvalue weighted by molar-refractivity contribution is -0.228. The number of nitrogens with two attached hydrogens (primary N) is 4. The molecule has 4 fully saturated rings. The Morgan fingerprint density at radius 2 is 0.677 bits per heavy atom. The van der Waals surface area contributed by atoms with Gasteiger partial charge in [-0.15, -0.1) is 0 Å². The number of aromatic nitrogens is 14. The minimum atomic E-state index is -4.20. The van der Waals surface area contributed by atoms with Crippen molar-refractivity contribution in [3.05, 3.63) is 157 Å². The van der Waals surface area contributed by atoms with Crippen LogP contribution in [0.2, 0.25) is 0 Å². The number of aliphatic hydroxyl groups is 4. The maximum Gasteiger partial charge on any atom is 0.275 e. The van der Waals surface area contributed by atoms with Crippen molar-refractivity contribution in [3.63, 3.8) is 0 Å². The van der Waals surface area contributed by atoms with Crippen LogP contribution in [0.3, 0.4) is 0 Å². The number of carbonyl (C=O) groups is 4. The Hall–Kier alpha value is -12.5. The molecule has 12 aromatic rings. The fourth-order valence-electron chi connectivity index (χ4n) is 18.6. The van der Waals surface area contributed by atoms with E-state index in [1.54, 1.807) is 54.9 Å². The van der Waals surface area contributed by atoms with Crippen molar-refractivity contribution in [2.45, 2.75) is 195 Å². The Labute approximate surface area is 735 Å². The molecule has 130 heavy (non-hydrogen) atoms. The third kappa shape index (κ3) is 15.8. The summed E-state index contributed by atoms with van der Waals surface area (Å²) in [5.74, 6) is -3.44. The van der Waals surface area contributed by atoms with Crippen LogP contribution in [0.25, 0.3) is 44.1 Å². The van der Waals surface area contributed by atoms with Gasteiger partial charge in [0.05, 0.1) is 45.2 Å². The molecule has 0 bridgehead atoms. The Morgan fingerprint density at radius 1 is 0.338 bits per heavy atom. The first-order chi connectivity index (χ1) is 61.6. The van der Waals surface area contributed by atoms with Crippen LogP contribution < -0.4 is 41.8 Å². The molecule has 14 heterocycles. The number of primary sulfonamides is 4. The van der Waals surface area contributed by atoms with Crippen molar-refractivity contribution >= 4 is 155 Å². The number of halogens is 2. The molecular weight excluding hydrogens is 1790 g/mol. The molecule has 10 aromatic heterocycles. The van der Waals surface area contributed by atoms with E-state index in [1.165, 1.54) is 55.0 Å². The quantitative estimate of drug-likeness (QED) is 0.0634. The van der Waals surface area contributed by atoms with Crippen molar-refractivity contribution in [2.75, 3.05) is 21.3 Å². The topological polar surface area (TPSA) is 680 Å². The van der Waals surface area contributed by atoms with Crippen LogP contribution in [0.15, 0.2) is 142 Å². The molecule has 0 radical (unpaired) electrons. The van der Waals surface area contributed by atoms with Crippen molar-refractivity contribution in [1.82, 2.24) is 88.4 Å². The smallest absolute Gasteiger partial charge is 0.275 e. The molecule has 52 heteroatoms. The van der Waals surface area contributed by atoms with E-state index in [4.69, 9.17) is 20.6 Å². The second-order valence-electron chi connectivity index (χ2n) is 32.7. The van der Waals surface area contributed by atoms with Crippen LogP contribution in [0.1, 0.15) is 176 Å². The van der Waals surface area contributed by atoms with Gasteiger partial charge in [0.1, 0.15) is 72.0 Å². The van der Waals surface area contributed by atoms with E-state index < -0.39 is 127 Å². The number of carbonyl (C=O) groups excluding carboxylic acids is 4. The highest BCUT2D eigenvalue weighted by Gasteiger charge is 2.57. The summed E-state index contributed by atoms with van der Waals surface area (Å²) >= 11 is 0. The summed E-state index contributed by atoms with van der Waals surface area (Å²) in [6, 6.07) is 18.5. The maximum absolute atomic E-state index is 14.5. The number of benzene rings is 2. The summed E-state index contributed by atoms with van der Waals surface area (Å²) in [7, 11) is -16.0. The number of sulfonamides is 4. The number of hydrogen-bond donors (Lipinski definition) is 16. The zero-order valence-electron chi connectivity index (χ0n) is 68.2. The number of nitrogens with zero attached hydrogens (tertiary/aromatic N) is 18. The van der Waals surface area contributed by atoms with Gasteiger partial charge in [-0.2, -0.15) is 40.2 Å². The summed E-state index contributed by atoms with van der Waals surface area (Å²) in [6.45, 7) is 0. The second kappa shape index (κ2) is 33.5. The minimum Gasteiger partial charge on any atom is -0.366 e. The molecule has 4 amide bonds. The van der Waals surface area contributed by atoms with Gasteiger partial charge < -0.3 is 60.0 Å². The van der Waals surface area contributed by atoms with Crippen LogP contribution in [-0.4, -0.2) is 187 Å². The zero-order valence-corrected chi connectivity index (χ0v) is 71.5. The van der Waals surface area contributed by atoms with E-state index in [0.717, 1.165) is 108 Å². The lowest BCUT2D eigenvalue weighted by Crippen LogP contribution is -2.56. The predicted molar refractivity (Wildman–Crippen MR) is 449 cm³/mol. The van der Waals surface area contributed by atoms with Gasteiger partial charge in [-0.25, -0.2) is 92.9 Å². The van der Waals surface area contributed by atoms with E-state index in [9.17, 15) is 103 Å². The lowest BCUT2D eigenvalue weighted by atomic mass is 9.79. The number of hydroxylamine groups is 8. The average molecular weight is 1870 g/mol. The number of fused-ring (bicyclic) bond motifs is 16. The van der Waals surface area contributed by atoms with E-state index in [-0.39, 0.29) is 50.0 Å². The van der Waals surface area contributed by atoms with E-state index in [0.29, 0.717) is 150 Å². The first-order valence-electron chi connectivity index (χ1n) is 40.7. The second-order valence-corrected chi connectivity index (χ2v) is 38.9. The molecule has 0 saturated heterocycles. The predicted octanol–water partition coefficient (Wildman–Crippen LogP) is 5.88. The summed E-state index contributed by atoms with van der Waals surface area (Å²) in [5.41, 5.74) is -0.644. The highest BCUT2D eigenvalue weighted by Crippen LogP contribution is 2.51. The molecule has 4 atom stereocenters. The van der Waals surface area contributed by atoms with Crippen LogP contribution in [0.4, 0.5) is 55.5 Å². The number of aliphatic hydroxyl groups excluding tert-OH is 4. The van der Waals surface area contributed by atoms with Crippen molar-refractivity contribution in [3.8, 4) is 0 Å². The summed E-state index contributed by atoms with van der Waals surface area (Å²) in [5, 5.41) is 118. The summed E-state index contributed by atoms with van der Waals surface area (Å²) in [6.07, 6.45) is 16.6. The van der Waals surface area contributed by atoms with Gasteiger partial charge in [0.25, 0.3) is 33.7 Å². The van der Waals surface area contributed by atoms with Crippen LogP contribution >= 0.6 is 0 Å².